The lowest BCUT2D eigenvalue weighted by Crippen LogP contribution is -2.39. The van der Waals surface area contributed by atoms with E-state index in [1.165, 1.54) is 49.0 Å². The molecule has 0 spiro atoms. The van der Waals surface area contributed by atoms with Gasteiger partial charge in [0.1, 0.15) is 0 Å². The molecule has 1 atom stereocenters. The van der Waals surface area contributed by atoms with Crippen molar-refractivity contribution in [2.24, 2.45) is 5.92 Å². The van der Waals surface area contributed by atoms with Crippen LogP contribution in [0.2, 0.25) is 0 Å². The van der Waals surface area contributed by atoms with Crippen LogP contribution in [0, 0.1) is 19.8 Å². The van der Waals surface area contributed by atoms with E-state index >= 15 is 0 Å². The zero-order chi connectivity index (χ0) is 14.5. The highest BCUT2D eigenvalue weighted by Crippen LogP contribution is 2.24. The molecule has 1 aliphatic rings. The molecule has 20 heavy (non-hydrogen) atoms. The number of rotatable bonds is 5. The summed E-state index contributed by atoms with van der Waals surface area (Å²) in [6, 6.07) is 7.28. The molecule has 0 saturated carbocycles. The minimum absolute atomic E-state index is 0.453. The summed E-state index contributed by atoms with van der Waals surface area (Å²) in [7, 11) is 2.09. The van der Waals surface area contributed by atoms with E-state index in [1.807, 2.05) is 0 Å². The number of piperidine rings is 1. The van der Waals surface area contributed by atoms with Crippen molar-refractivity contribution in [1.29, 1.82) is 0 Å². The number of nitrogens with zero attached hydrogens (tertiary/aromatic N) is 1. The predicted octanol–water partition coefficient (Wildman–Crippen LogP) is 3.69. The van der Waals surface area contributed by atoms with Crippen LogP contribution in [0.25, 0.3) is 0 Å². The van der Waals surface area contributed by atoms with Gasteiger partial charge in [0.15, 0.2) is 0 Å². The Morgan fingerprint density at radius 3 is 2.50 bits per heavy atom. The molecule has 1 unspecified atom stereocenters. The lowest BCUT2D eigenvalue weighted by Gasteiger charge is -2.34. The number of likely N-dealkylation sites (tertiary alicyclic amines) is 1. The van der Waals surface area contributed by atoms with Crippen molar-refractivity contribution in [3.8, 4) is 0 Å². The Labute approximate surface area is 124 Å². The van der Waals surface area contributed by atoms with Gasteiger partial charge in [-0.3, -0.25) is 0 Å². The van der Waals surface area contributed by atoms with E-state index in [9.17, 15) is 0 Å². The third kappa shape index (κ3) is 3.83. The predicted molar refractivity (Wildman–Crippen MR) is 87.2 cm³/mol. The van der Waals surface area contributed by atoms with Gasteiger partial charge in [-0.1, -0.05) is 37.1 Å². The number of likely N-dealkylation sites (N-methyl/N-ethyl adjacent to an activating group) is 1. The van der Waals surface area contributed by atoms with Gasteiger partial charge in [0.25, 0.3) is 0 Å². The number of nitrogens with one attached hydrogen (secondary N) is 1. The summed E-state index contributed by atoms with van der Waals surface area (Å²) >= 11 is 0. The molecule has 0 radical (unpaired) electrons. The quantitative estimate of drug-likeness (QED) is 0.881. The Balaban J connectivity index is 1.99. The van der Waals surface area contributed by atoms with E-state index in [0.29, 0.717) is 6.04 Å². The summed E-state index contributed by atoms with van der Waals surface area (Å²) < 4.78 is 0. The second kappa shape index (κ2) is 7.24. The van der Waals surface area contributed by atoms with Gasteiger partial charge < -0.3 is 10.2 Å². The van der Waals surface area contributed by atoms with Crippen LogP contribution in [0.4, 0.5) is 0 Å². The third-order valence-corrected chi connectivity index (χ3v) is 4.87. The van der Waals surface area contributed by atoms with Crippen molar-refractivity contribution in [2.75, 3.05) is 26.7 Å². The monoisotopic (exact) mass is 274 g/mol. The molecule has 0 bridgehead atoms. The van der Waals surface area contributed by atoms with Crippen LogP contribution in [0.3, 0.4) is 0 Å². The molecule has 1 saturated heterocycles. The molecule has 1 aromatic rings. The Hall–Kier alpha value is -0.860. The molecule has 112 valence electrons. The SMILES string of the molecule is CCC1CCN(CC(NC)c2ccc(C)cc2C)CC1. The van der Waals surface area contributed by atoms with Gasteiger partial charge in [0.2, 0.25) is 0 Å². The topological polar surface area (TPSA) is 15.3 Å². The normalized spacial score (nSPS) is 19.2. The molecule has 1 aromatic carbocycles. The lowest BCUT2D eigenvalue weighted by molar-refractivity contribution is 0.167. The Morgan fingerprint density at radius 2 is 1.95 bits per heavy atom. The van der Waals surface area contributed by atoms with E-state index in [4.69, 9.17) is 0 Å². The number of hydrogen-bond donors (Lipinski definition) is 1. The molecular weight excluding hydrogens is 244 g/mol. The average molecular weight is 274 g/mol. The first-order valence-electron chi connectivity index (χ1n) is 8.10. The van der Waals surface area contributed by atoms with Crippen molar-refractivity contribution in [1.82, 2.24) is 10.2 Å². The smallest absolute Gasteiger partial charge is 0.0449 e. The number of aryl methyl sites for hydroxylation is 2. The van der Waals surface area contributed by atoms with E-state index in [-0.39, 0.29) is 0 Å². The highest BCUT2D eigenvalue weighted by Gasteiger charge is 2.21. The van der Waals surface area contributed by atoms with Gasteiger partial charge in [-0.05, 0) is 63.9 Å². The number of hydrogen-bond acceptors (Lipinski definition) is 2. The van der Waals surface area contributed by atoms with Crippen LogP contribution >= 0.6 is 0 Å². The third-order valence-electron chi connectivity index (χ3n) is 4.87. The molecule has 0 amide bonds. The zero-order valence-electron chi connectivity index (χ0n) is 13.6. The van der Waals surface area contributed by atoms with Crippen molar-refractivity contribution < 1.29 is 0 Å². The van der Waals surface area contributed by atoms with Gasteiger partial charge in [-0.2, -0.15) is 0 Å². The van der Waals surface area contributed by atoms with Crippen LogP contribution in [0.1, 0.15) is 48.9 Å². The fourth-order valence-electron chi connectivity index (χ4n) is 3.40. The standard InChI is InChI=1S/C18H30N2/c1-5-16-8-10-20(11-9-16)13-18(19-4)17-7-6-14(2)12-15(17)3/h6-7,12,16,18-19H,5,8-11,13H2,1-4H3. The van der Waals surface area contributed by atoms with Crippen molar-refractivity contribution in [3.05, 3.63) is 34.9 Å². The van der Waals surface area contributed by atoms with Crippen LogP contribution in [0.15, 0.2) is 18.2 Å². The summed E-state index contributed by atoms with van der Waals surface area (Å²) in [4.78, 5) is 2.63. The first-order chi connectivity index (χ1) is 9.63. The maximum absolute atomic E-state index is 3.51. The van der Waals surface area contributed by atoms with Crippen molar-refractivity contribution >= 4 is 0 Å². The van der Waals surface area contributed by atoms with Crippen LogP contribution in [0.5, 0.6) is 0 Å². The minimum atomic E-state index is 0.453. The Bertz CT molecular complexity index is 419. The first kappa shape index (κ1) is 15.5. The number of benzene rings is 1. The Morgan fingerprint density at radius 1 is 1.25 bits per heavy atom. The maximum Gasteiger partial charge on any atom is 0.0449 e. The molecular formula is C18H30N2. The van der Waals surface area contributed by atoms with Crippen LogP contribution in [-0.4, -0.2) is 31.6 Å². The molecule has 0 aromatic heterocycles. The average Bonchev–Trinajstić information content (AvgIpc) is 2.46. The summed E-state index contributed by atoms with van der Waals surface area (Å²) in [5, 5.41) is 3.51. The molecule has 0 aliphatic carbocycles. The van der Waals surface area contributed by atoms with E-state index in [1.54, 1.807) is 0 Å². The maximum atomic E-state index is 3.51. The second-order valence-corrected chi connectivity index (χ2v) is 6.35. The molecule has 2 heteroatoms. The molecule has 1 N–H and O–H groups in total. The molecule has 2 nitrogen and oxygen atoms in total. The molecule has 2 rings (SSSR count). The van der Waals surface area contributed by atoms with Crippen LogP contribution < -0.4 is 5.32 Å². The van der Waals surface area contributed by atoms with Crippen LogP contribution in [-0.2, 0) is 0 Å². The van der Waals surface area contributed by atoms with Gasteiger partial charge in [-0.15, -0.1) is 0 Å². The van der Waals surface area contributed by atoms with Gasteiger partial charge in [0, 0.05) is 12.6 Å². The van der Waals surface area contributed by atoms with E-state index in [2.05, 4.69) is 56.2 Å². The van der Waals surface area contributed by atoms with Gasteiger partial charge in [-0.25, -0.2) is 0 Å². The molecule has 1 fully saturated rings. The molecule has 1 heterocycles. The fraction of sp³-hybridized carbons (Fsp3) is 0.667. The van der Waals surface area contributed by atoms with E-state index < -0.39 is 0 Å². The second-order valence-electron chi connectivity index (χ2n) is 6.35. The van der Waals surface area contributed by atoms with Gasteiger partial charge in [0.05, 0.1) is 0 Å². The zero-order valence-corrected chi connectivity index (χ0v) is 13.6. The highest BCUT2D eigenvalue weighted by atomic mass is 15.1. The van der Waals surface area contributed by atoms with Crippen molar-refractivity contribution in [2.45, 2.75) is 46.1 Å². The Kier molecular flexibility index (Phi) is 5.62. The first-order valence-corrected chi connectivity index (χ1v) is 8.10. The van der Waals surface area contributed by atoms with Crippen molar-refractivity contribution in [3.63, 3.8) is 0 Å². The summed E-state index contributed by atoms with van der Waals surface area (Å²) in [5.74, 6) is 0.959. The summed E-state index contributed by atoms with van der Waals surface area (Å²) in [5.41, 5.74) is 4.22. The van der Waals surface area contributed by atoms with E-state index in [0.717, 1.165) is 12.5 Å². The lowest BCUT2D eigenvalue weighted by atomic mass is 9.93. The molecule has 1 aliphatic heterocycles. The summed E-state index contributed by atoms with van der Waals surface area (Å²) in [6.45, 7) is 10.4. The fourth-order valence-corrected chi connectivity index (χ4v) is 3.40. The largest absolute Gasteiger partial charge is 0.312 e. The van der Waals surface area contributed by atoms with Gasteiger partial charge >= 0.3 is 0 Å². The highest BCUT2D eigenvalue weighted by molar-refractivity contribution is 5.33. The summed E-state index contributed by atoms with van der Waals surface area (Å²) in [6.07, 6.45) is 4.10. The minimum Gasteiger partial charge on any atom is -0.312 e.